The second-order valence-electron chi connectivity index (χ2n) is 6.11. The van der Waals surface area contributed by atoms with E-state index in [9.17, 15) is 4.79 Å². The normalized spacial score (nSPS) is 13.4. The van der Waals surface area contributed by atoms with Crippen LogP contribution < -0.4 is 0 Å². The van der Waals surface area contributed by atoms with Gasteiger partial charge in [0.1, 0.15) is 5.78 Å². The van der Waals surface area contributed by atoms with Crippen LogP contribution >= 0.6 is 0 Å². The summed E-state index contributed by atoms with van der Waals surface area (Å²) in [6.45, 7) is 8.87. The lowest BCUT2D eigenvalue weighted by atomic mass is 9.92. The van der Waals surface area contributed by atoms with Gasteiger partial charge < -0.3 is 4.79 Å². The van der Waals surface area contributed by atoms with E-state index < -0.39 is 8.07 Å². The van der Waals surface area contributed by atoms with Crippen LogP contribution in [0.2, 0.25) is 25.7 Å². The first-order chi connectivity index (χ1) is 7.88. The summed E-state index contributed by atoms with van der Waals surface area (Å²) >= 11 is 0. The van der Waals surface area contributed by atoms with Crippen molar-refractivity contribution in [2.24, 2.45) is 0 Å². The molecule has 0 N–H and O–H groups in total. The van der Waals surface area contributed by atoms with Gasteiger partial charge in [-0.3, -0.25) is 0 Å². The first-order valence-corrected chi connectivity index (χ1v) is 10.1. The van der Waals surface area contributed by atoms with E-state index in [2.05, 4.69) is 43.9 Å². The molecule has 0 spiro atoms. The lowest BCUT2D eigenvalue weighted by molar-refractivity contribution is -0.117. The smallest absolute Gasteiger partial charge is 0.130 e. The molecule has 1 nitrogen and oxygen atoms in total. The van der Waals surface area contributed by atoms with Crippen LogP contribution in [0.3, 0.4) is 0 Å². The maximum atomic E-state index is 11.4. The molecule has 0 aliphatic heterocycles. The highest BCUT2D eigenvalue weighted by Gasteiger charge is 2.19. The molecule has 0 aliphatic rings. The van der Waals surface area contributed by atoms with Crippen LogP contribution in [-0.2, 0) is 4.79 Å². The minimum Gasteiger partial charge on any atom is -0.300 e. The van der Waals surface area contributed by atoms with Crippen LogP contribution in [0.1, 0.15) is 31.2 Å². The van der Waals surface area contributed by atoms with E-state index in [1.165, 1.54) is 11.6 Å². The van der Waals surface area contributed by atoms with Gasteiger partial charge in [-0.2, -0.15) is 0 Å². The standard InChI is InChI=1S/C15H24OSi/c1-13(16)12-15(10-11-17(2,3)4)14-8-6-5-7-9-14/h5-9,15H,10-12H2,1-4H3. The maximum Gasteiger partial charge on any atom is 0.130 e. The Labute approximate surface area is 106 Å². The summed E-state index contributed by atoms with van der Waals surface area (Å²) in [5.74, 6) is 0.717. The molecule has 0 aromatic heterocycles. The summed E-state index contributed by atoms with van der Waals surface area (Å²) in [4.78, 5) is 11.4. The number of ketones is 1. The highest BCUT2D eigenvalue weighted by atomic mass is 28.3. The Morgan fingerprint density at radius 2 is 1.76 bits per heavy atom. The number of benzene rings is 1. The fourth-order valence-electron chi connectivity index (χ4n) is 2.07. The van der Waals surface area contributed by atoms with Crippen molar-refractivity contribution in [3.63, 3.8) is 0 Å². The van der Waals surface area contributed by atoms with Crippen molar-refractivity contribution in [2.45, 2.75) is 51.4 Å². The number of hydrogen-bond donors (Lipinski definition) is 0. The summed E-state index contributed by atoms with van der Waals surface area (Å²) in [5, 5.41) is 0. The van der Waals surface area contributed by atoms with Gasteiger partial charge in [0.2, 0.25) is 0 Å². The van der Waals surface area contributed by atoms with Crippen molar-refractivity contribution in [1.29, 1.82) is 0 Å². The molecule has 0 heterocycles. The van der Waals surface area contributed by atoms with Crippen molar-refractivity contribution in [2.75, 3.05) is 0 Å². The molecule has 1 aromatic rings. The van der Waals surface area contributed by atoms with E-state index in [1.54, 1.807) is 6.92 Å². The topological polar surface area (TPSA) is 17.1 Å². The van der Waals surface area contributed by atoms with Gasteiger partial charge in [0.05, 0.1) is 0 Å². The lowest BCUT2D eigenvalue weighted by Gasteiger charge is -2.21. The van der Waals surface area contributed by atoms with Crippen molar-refractivity contribution >= 4 is 13.9 Å². The molecule has 1 unspecified atom stereocenters. The molecule has 2 heteroatoms. The Morgan fingerprint density at radius 3 is 2.24 bits per heavy atom. The third-order valence-electron chi connectivity index (χ3n) is 3.05. The zero-order chi connectivity index (χ0) is 12.9. The molecular formula is C15H24OSi. The first-order valence-electron chi connectivity index (χ1n) is 6.43. The quantitative estimate of drug-likeness (QED) is 0.678. The van der Waals surface area contributed by atoms with E-state index >= 15 is 0 Å². The van der Waals surface area contributed by atoms with Crippen molar-refractivity contribution in [1.82, 2.24) is 0 Å². The van der Waals surface area contributed by atoms with Gasteiger partial charge in [0.15, 0.2) is 0 Å². The van der Waals surface area contributed by atoms with Crippen molar-refractivity contribution < 1.29 is 4.79 Å². The first kappa shape index (κ1) is 14.2. The molecule has 0 saturated heterocycles. The molecule has 0 radical (unpaired) electrons. The maximum absolute atomic E-state index is 11.4. The highest BCUT2D eigenvalue weighted by Crippen LogP contribution is 2.28. The molecule has 0 bridgehead atoms. The van der Waals surface area contributed by atoms with Gasteiger partial charge in [-0.05, 0) is 24.8 Å². The summed E-state index contributed by atoms with van der Waals surface area (Å²) in [7, 11) is -1.02. The Balaban J connectivity index is 2.71. The number of carbonyl (C=O) groups excluding carboxylic acids is 1. The molecule has 1 rings (SSSR count). The lowest BCUT2D eigenvalue weighted by Crippen LogP contribution is -2.20. The van der Waals surface area contributed by atoms with E-state index in [-0.39, 0.29) is 0 Å². The number of Topliss-reactive ketones (excluding diaryl/α,β-unsaturated/α-hetero) is 1. The third kappa shape index (κ3) is 5.83. The van der Waals surface area contributed by atoms with E-state index in [0.29, 0.717) is 18.1 Å². The minimum absolute atomic E-state index is 0.300. The Kier molecular flexibility index (Phi) is 5.13. The molecule has 0 fully saturated rings. The van der Waals surface area contributed by atoms with Gasteiger partial charge in [0, 0.05) is 14.5 Å². The van der Waals surface area contributed by atoms with Crippen molar-refractivity contribution in [3.8, 4) is 0 Å². The number of rotatable bonds is 6. The fraction of sp³-hybridized carbons (Fsp3) is 0.533. The summed E-state index contributed by atoms with van der Waals surface area (Å²) in [6, 6.07) is 11.8. The Hall–Kier alpha value is -0.893. The van der Waals surface area contributed by atoms with Crippen LogP contribution in [0.4, 0.5) is 0 Å². The summed E-state index contributed by atoms with van der Waals surface area (Å²) in [5.41, 5.74) is 1.32. The van der Waals surface area contributed by atoms with E-state index in [1.807, 2.05) is 6.07 Å². The predicted molar refractivity (Wildman–Crippen MR) is 77.3 cm³/mol. The van der Waals surface area contributed by atoms with Crippen LogP contribution in [-0.4, -0.2) is 13.9 Å². The van der Waals surface area contributed by atoms with Gasteiger partial charge in [-0.15, -0.1) is 0 Å². The molecule has 1 atom stereocenters. The summed E-state index contributed by atoms with van der Waals surface area (Å²) < 4.78 is 0. The number of hydrogen-bond acceptors (Lipinski definition) is 1. The Bertz CT molecular complexity index is 351. The van der Waals surface area contributed by atoms with Crippen LogP contribution in [0, 0.1) is 0 Å². The highest BCUT2D eigenvalue weighted by molar-refractivity contribution is 6.76. The largest absolute Gasteiger partial charge is 0.300 e. The Morgan fingerprint density at radius 1 is 1.18 bits per heavy atom. The third-order valence-corrected chi connectivity index (χ3v) is 4.84. The molecule has 0 aliphatic carbocycles. The van der Waals surface area contributed by atoms with Gasteiger partial charge >= 0.3 is 0 Å². The average molecular weight is 248 g/mol. The molecule has 17 heavy (non-hydrogen) atoms. The zero-order valence-electron chi connectivity index (χ0n) is 11.5. The van der Waals surface area contributed by atoms with Crippen LogP contribution in [0.5, 0.6) is 0 Å². The monoisotopic (exact) mass is 248 g/mol. The van der Waals surface area contributed by atoms with E-state index in [4.69, 9.17) is 0 Å². The van der Waals surface area contributed by atoms with E-state index in [0.717, 1.165) is 6.42 Å². The van der Waals surface area contributed by atoms with Gasteiger partial charge in [-0.1, -0.05) is 56.0 Å². The molecule has 0 saturated carbocycles. The molecule has 94 valence electrons. The van der Waals surface area contributed by atoms with Crippen molar-refractivity contribution in [3.05, 3.63) is 35.9 Å². The number of carbonyl (C=O) groups is 1. The fourth-order valence-corrected chi connectivity index (χ4v) is 3.28. The molecule has 1 aromatic carbocycles. The zero-order valence-corrected chi connectivity index (χ0v) is 12.5. The van der Waals surface area contributed by atoms with Gasteiger partial charge in [-0.25, -0.2) is 0 Å². The predicted octanol–water partition coefficient (Wildman–Crippen LogP) is 4.48. The van der Waals surface area contributed by atoms with Gasteiger partial charge in [0.25, 0.3) is 0 Å². The SMILES string of the molecule is CC(=O)CC(CC[Si](C)(C)C)c1ccccc1. The van der Waals surface area contributed by atoms with Crippen LogP contribution in [0.25, 0.3) is 0 Å². The minimum atomic E-state index is -1.02. The second kappa shape index (κ2) is 6.15. The average Bonchev–Trinajstić information content (AvgIpc) is 2.24. The van der Waals surface area contributed by atoms with Crippen LogP contribution in [0.15, 0.2) is 30.3 Å². The molecule has 0 amide bonds. The second-order valence-corrected chi connectivity index (χ2v) is 11.7. The summed E-state index contributed by atoms with van der Waals surface area (Å²) in [6.07, 6.45) is 1.84. The molecular weight excluding hydrogens is 224 g/mol.